The van der Waals surface area contributed by atoms with Gasteiger partial charge in [-0.1, -0.05) is 19.4 Å². The summed E-state index contributed by atoms with van der Waals surface area (Å²) in [6.45, 7) is 3.57. The highest BCUT2D eigenvalue weighted by Crippen LogP contribution is 2.31. The van der Waals surface area contributed by atoms with Crippen molar-refractivity contribution in [1.82, 2.24) is 0 Å². The van der Waals surface area contributed by atoms with Crippen LogP contribution in [0.2, 0.25) is 0 Å². The zero-order chi connectivity index (χ0) is 19.8. The zero-order valence-corrected chi connectivity index (χ0v) is 16.0. The van der Waals surface area contributed by atoms with E-state index in [1.165, 1.54) is 0 Å². The molecule has 0 aliphatic carbocycles. The standard InChI is InChI=1S/C22H25NO5/c1-2-3-12-28-22(25)17-6-8-18(9-7-17)23-21(24)11-5-16-4-10-19-20(15-16)27-14-13-26-19/h4,6-10,15H,2-3,5,11-14H2,1H3,(H,23,24). The molecular formula is C22H25NO5. The molecule has 0 radical (unpaired) electrons. The summed E-state index contributed by atoms with van der Waals surface area (Å²) in [5.74, 6) is 1.04. The molecule has 6 heteroatoms. The van der Waals surface area contributed by atoms with Gasteiger partial charge in [-0.25, -0.2) is 4.79 Å². The summed E-state index contributed by atoms with van der Waals surface area (Å²) in [7, 11) is 0. The average Bonchev–Trinajstić information content (AvgIpc) is 2.73. The van der Waals surface area contributed by atoms with E-state index in [1.807, 2.05) is 25.1 Å². The Labute approximate surface area is 164 Å². The molecule has 6 nitrogen and oxygen atoms in total. The summed E-state index contributed by atoms with van der Waals surface area (Å²) in [5.41, 5.74) is 2.15. The molecule has 0 bridgehead atoms. The fourth-order valence-corrected chi connectivity index (χ4v) is 2.81. The van der Waals surface area contributed by atoms with Gasteiger partial charge in [0.25, 0.3) is 0 Å². The van der Waals surface area contributed by atoms with Crippen LogP contribution in [0.4, 0.5) is 5.69 Å². The van der Waals surface area contributed by atoms with Gasteiger partial charge in [-0.3, -0.25) is 4.79 Å². The van der Waals surface area contributed by atoms with Crippen LogP contribution in [-0.2, 0) is 16.0 Å². The SMILES string of the molecule is CCCCOC(=O)c1ccc(NC(=O)CCc2ccc3c(c2)OCCO3)cc1. The lowest BCUT2D eigenvalue weighted by atomic mass is 10.1. The molecule has 1 N–H and O–H groups in total. The van der Waals surface area contributed by atoms with E-state index in [0.717, 1.165) is 29.9 Å². The van der Waals surface area contributed by atoms with Crippen LogP contribution in [0.1, 0.15) is 42.1 Å². The number of nitrogens with one attached hydrogen (secondary N) is 1. The maximum atomic E-state index is 12.2. The molecule has 0 saturated carbocycles. The molecule has 28 heavy (non-hydrogen) atoms. The van der Waals surface area contributed by atoms with Crippen molar-refractivity contribution in [2.24, 2.45) is 0 Å². The van der Waals surface area contributed by atoms with E-state index >= 15 is 0 Å². The second-order valence-corrected chi connectivity index (χ2v) is 6.59. The topological polar surface area (TPSA) is 73.9 Å². The molecule has 0 unspecified atom stereocenters. The van der Waals surface area contributed by atoms with Gasteiger partial charge in [0, 0.05) is 12.1 Å². The summed E-state index contributed by atoms with van der Waals surface area (Å²) < 4.78 is 16.2. The minimum absolute atomic E-state index is 0.0897. The van der Waals surface area contributed by atoms with Crippen LogP contribution < -0.4 is 14.8 Å². The number of unbranched alkanes of at least 4 members (excludes halogenated alkanes) is 1. The van der Waals surface area contributed by atoms with Crippen LogP contribution in [0.5, 0.6) is 11.5 Å². The van der Waals surface area contributed by atoms with E-state index in [2.05, 4.69) is 5.32 Å². The van der Waals surface area contributed by atoms with Crippen LogP contribution in [0, 0.1) is 0 Å². The van der Waals surface area contributed by atoms with Crippen molar-refractivity contribution in [2.45, 2.75) is 32.6 Å². The van der Waals surface area contributed by atoms with Crippen molar-refractivity contribution in [3.8, 4) is 11.5 Å². The smallest absolute Gasteiger partial charge is 0.338 e. The molecule has 1 aliphatic heterocycles. The molecule has 1 aliphatic rings. The number of rotatable bonds is 8. The summed E-state index contributed by atoms with van der Waals surface area (Å²) in [5, 5.41) is 2.85. The number of hydrogen-bond acceptors (Lipinski definition) is 5. The Balaban J connectivity index is 1.47. The van der Waals surface area contributed by atoms with E-state index < -0.39 is 0 Å². The van der Waals surface area contributed by atoms with Crippen molar-refractivity contribution in [3.05, 3.63) is 53.6 Å². The Hall–Kier alpha value is -3.02. The van der Waals surface area contributed by atoms with E-state index in [-0.39, 0.29) is 11.9 Å². The highest BCUT2D eigenvalue weighted by atomic mass is 16.6. The molecule has 0 fully saturated rings. The third-order valence-corrected chi connectivity index (χ3v) is 4.38. The maximum absolute atomic E-state index is 12.2. The number of carbonyl (C=O) groups excluding carboxylic acids is 2. The Morgan fingerprint density at radius 1 is 1.04 bits per heavy atom. The lowest BCUT2D eigenvalue weighted by Gasteiger charge is -2.18. The van der Waals surface area contributed by atoms with Gasteiger partial charge in [-0.05, 0) is 54.8 Å². The zero-order valence-electron chi connectivity index (χ0n) is 16.0. The number of aryl methyl sites for hydroxylation is 1. The first-order valence-corrected chi connectivity index (χ1v) is 9.61. The van der Waals surface area contributed by atoms with Crippen LogP contribution in [0.15, 0.2) is 42.5 Å². The third kappa shape index (κ3) is 5.49. The molecule has 148 valence electrons. The molecular weight excluding hydrogens is 358 g/mol. The largest absolute Gasteiger partial charge is 0.486 e. The molecule has 0 saturated heterocycles. The number of fused-ring (bicyclic) bond motifs is 1. The van der Waals surface area contributed by atoms with E-state index in [1.54, 1.807) is 24.3 Å². The van der Waals surface area contributed by atoms with E-state index in [9.17, 15) is 9.59 Å². The summed E-state index contributed by atoms with van der Waals surface area (Å²) >= 11 is 0. The normalized spacial score (nSPS) is 12.3. The molecule has 1 amide bonds. The van der Waals surface area contributed by atoms with Gasteiger partial charge < -0.3 is 19.5 Å². The molecule has 0 atom stereocenters. The van der Waals surface area contributed by atoms with Crippen LogP contribution in [-0.4, -0.2) is 31.7 Å². The monoisotopic (exact) mass is 383 g/mol. The van der Waals surface area contributed by atoms with Gasteiger partial charge in [-0.15, -0.1) is 0 Å². The fraction of sp³-hybridized carbons (Fsp3) is 0.364. The Bertz CT molecular complexity index is 816. The number of carbonyl (C=O) groups is 2. The number of benzene rings is 2. The molecule has 1 heterocycles. The van der Waals surface area contributed by atoms with Crippen molar-refractivity contribution < 1.29 is 23.8 Å². The van der Waals surface area contributed by atoms with Gasteiger partial charge in [0.05, 0.1) is 12.2 Å². The first-order chi connectivity index (χ1) is 13.7. The number of anilines is 1. The minimum Gasteiger partial charge on any atom is -0.486 e. The molecule has 2 aromatic carbocycles. The predicted octanol–water partition coefficient (Wildman–Crippen LogP) is 3.99. The molecule has 0 aromatic heterocycles. The van der Waals surface area contributed by atoms with Gasteiger partial charge in [0.15, 0.2) is 11.5 Å². The molecule has 2 aromatic rings. The Kier molecular flexibility index (Phi) is 6.89. The van der Waals surface area contributed by atoms with Crippen LogP contribution in [0.3, 0.4) is 0 Å². The highest BCUT2D eigenvalue weighted by Gasteiger charge is 2.12. The summed E-state index contributed by atoms with van der Waals surface area (Å²) in [4.78, 5) is 24.1. The highest BCUT2D eigenvalue weighted by molar-refractivity contribution is 5.93. The minimum atomic E-state index is -0.343. The average molecular weight is 383 g/mol. The van der Waals surface area contributed by atoms with E-state index in [4.69, 9.17) is 14.2 Å². The second kappa shape index (κ2) is 9.78. The predicted molar refractivity (Wildman–Crippen MR) is 106 cm³/mol. The third-order valence-electron chi connectivity index (χ3n) is 4.38. The lowest BCUT2D eigenvalue weighted by molar-refractivity contribution is -0.116. The van der Waals surface area contributed by atoms with Crippen molar-refractivity contribution in [2.75, 3.05) is 25.1 Å². The van der Waals surface area contributed by atoms with Crippen LogP contribution in [0.25, 0.3) is 0 Å². The first kappa shape index (κ1) is 19.7. The number of ether oxygens (including phenoxy) is 3. The van der Waals surface area contributed by atoms with Gasteiger partial charge >= 0.3 is 5.97 Å². The van der Waals surface area contributed by atoms with Gasteiger partial charge in [0.2, 0.25) is 5.91 Å². The fourth-order valence-electron chi connectivity index (χ4n) is 2.81. The maximum Gasteiger partial charge on any atom is 0.338 e. The number of amides is 1. The van der Waals surface area contributed by atoms with Gasteiger partial charge in [-0.2, -0.15) is 0 Å². The first-order valence-electron chi connectivity index (χ1n) is 9.61. The van der Waals surface area contributed by atoms with Crippen molar-refractivity contribution >= 4 is 17.6 Å². The molecule has 0 spiro atoms. The second-order valence-electron chi connectivity index (χ2n) is 6.59. The number of esters is 1. The summed E-state index contributed by atoms with van der Waals surface area (Å²) in [6.07, 6.45) is 2.78. The number of hydrogen-bond donors (Lipinski definition) is 1. The molecule has 3 rings (SSSR count). The Morgan fingerprint density at radius 3 is 2.54 bits per heavy atom. The van der Waals surface area contributed by atoms with Gasteiger partial charge in [0.1, 0.15) is 13.2 Å². The quantitative estimate of drug-likeness (QED) is 0.551. The lowest BCUT2D eigenvalue weighted by Crippen LogP contribution is -2.16. The van der Waals surface area contributed by atoms with Crippen molar-refractivity contribution in [1.29, 1.82) is 0 Å². The van der Waals surface area contributed by atoms with E-state index in [0.29, 0.717) is 43.9 Å². The Morgan fingerprint density at radius 2 is 1.79 bits per heavy atom. The van der Waals surface area contributed by atoms with Crippen molar-refractivity contribution in [3.63, 3.8) is 0 Å². The van der Waals surface area contributed by atoms with Crippen LogP contribution >= 0.6 is 0 Å². The summed E-state index contributed by atoms with van der Waals surface area (Å²) in [6, 6.07) is 12.5.